The summed E-state index contributed by atoms with van der Waals surface area (Å²) >= 11 is 0. The Labute approximate surface area is 191 Å². The largest absolute Gasteiger partial charge is 0.493 e. The van der Waals surface area contributed by atoms with E-state index < -0.39 is 0 Å². The van der Waals surface area contributed by atoms with Crippen LogP contribution in [-0.4, -0.2) is 49.0 Å². The number of hydrogen-bond acceptors (Lipinski definition) is 4. The van der Waals surface area contributed by atoms with Crippen LogP contribution in [-0.2, 0) is 9.59 Å². The van der Waals surface area contributed by atoms with Gasteiger partial charge in [-0.15, -0.1) is 0 Å². The number of benzene rings is 2. The van der Waals surface area contributed by atoms with Crippen LogP contribution in [0, 0.1) is 11.8 Å². The van der Waals surface area contributed by atoms with Gasteiger partial charge in [0.25, 0.3) is 0 Å². The van der Waals surface area contributed by atoms with Crippen molar-refractivity contribution < 1.29 is 14.3 Å². The number of likely N-dealkylation sites (tertiary alicyclic amines) is 1. The third-order valence-corrected chi connectivity index (χ3v) is 5.97. The van der Waals surface area contributed by atoms with Crippen LogP contribution in [0.3, 0.4) is 0 Å². The van der Waals surface area contributed by atoms with E-state index in [0.29, 0.717) is 51.4 Å². The SMILES string of the molecule is CC(C)C(CNC(=O)C1CCN(C(=O)CCOc2ccccc2)CC1)Nc1ccccc1. The summed E-state index contributed by atoms with van der Waals surface area (Å²) in [5.74, 6) is 1.30. The minimum atomic E-state index is -0.0378. The molecule has 2 aromatic carbocycles. The smallest absolute Gasteiger partial charge is 0.225 e. The zero-order valence-corrected chi connectivity index (χ0v) is 19.1. The second-order valence-electron chi connectivity index (χ2n) is 8.67. The van der Waals surface area contributed by atoms with E-state index in [1.807, 2.05) is 65.6 Å². The Morgan fingerprint density at radius 3 is 2.25 bits per heavy atom. The van der Waals surface area contributed by atoms with Gasteiger partial charge >= 0.3 is 0 Å². The second-order valence-corrected chi connectivity index (χ2v) is 8.67. The van der Waals surface area contributed by atoms with E-state index >= 15 is 0 Å². The molecule has 172 valence electrons. The predicted octanol–water partition coefficient (Wildman–Crippen LogP) is 3.95. The summed E-state index contributed by atoms with van der Waals surface area (Å²) in [6.45, 7) is 6.50. The van der Waals surface area contributed by atoms with Gasteiger partial charge in [-0.25, -0.2) is 0 Å². The number of amides is 2. The average molecular weight is 438 g/mol. The molecule has 0 spiro atoms. The summed E-state index contributed by atoms with van der Waals surface area (Å²) in [5, 5.41) is 6.64. The number of piperidine rings is 1. The van der Waals surface area contributed by atoms with Gasteiger partial charge in [0.1, 0.15) is 5.75 Å². The lowest BCUT2D eigenvalue weighted by atomic mass is 9.95. The zero-order chi connectivity index (χ0) is 22.8. The normalized spacial score (nSPS) is 15.3. The zero-order valence-electron chi connectivity index (χ0n) is 19.1. The first-order valence-electron chi connectivity index (χ1n) is 11.6. The molecule has 1 aliphatic heterocycles. The van der Waals surface area contributed by atoms with Crippen molar-refractivity contribution in [2.24, 2.45) is 11.8 Å². The van der Waals surface area contributed by atoms with E-state index in [9.17, 15) is 9.59 Å². The molecular formula is C26H35N3O3. The number of anilines is 1. The number of para-hydroxylation sites is 2. The number of rotatable bonds is 10. The fraction of sp³-hybridized carbons (Fsp3) is 0.462. The predicted molar refractivity (Wildman–Crippen MR) is 128 cm³/mol. The van der Waals surface area contributed by atoms with Crippen LogP contribution in [0.2, 0.25) is 0 Å². The first-order valence-corrected chi connectivity index (χ1v) is 11.6. The highest BCUT2D eigenvalue weighted by molar-refractivity contribution is 5.80. The maximum Gasteiger partial charge on any atom is 0.225 e. The Balaban J connectivity index is 1.37. The number of ether oxygens (including phenoxy) is 1. The van der Waals surface area contributed by atoms with E-state index in [1.54, 1.807) is 0 Å². The Kier molecular flexibility index (Phi) is 8.96. The van der Waals surface area contributed by atoms with Crippen LogP contribution < -0.4 is 15.4 Å². The Morgan fingerprint density at radius 1 is 1.00 bits per heavy atom. The van der Waals surface area contributed by atoms with Crippen LogP contribution in [0.15, 0.2) is 60.7 Å². The number of nitrogens with one attached hydrogen (secondary N) is 2. The van der Waals surface area contributed by atoms with Crippen molar-refractivity contribution in [3.63, 3.8) is 0 Å². The number of hydrogen-bond donors (Lipinski definition) is 2. The van der Waals surface area contributed by atoms with Crippen LogP contribution in [0.4, 0.5) is 5.69 Å². The lowest BCUT2D eigenvalue weighted by Crippen LogP contribution is -2.46. The quantitative estimate of drug-likeness (QED) is 0.591. The molecule has 3 rings (SSSR count). The molecule has 0 saturated carbocycles. The molecule has 0 radical (unpaired) electrons. The van der Waals surface area contributed by atoms with Crippen LogP contribution in [0.25, 0.3) is 0 Å². The van der Waals surface area contributed by atoms with Gasteiger partial charge in [-0.2, -0.15) is 0 Å². The Bertz CT molecular complexity index is 834. The van der Waals surface area contributed by atoms with Crippen LogP contribution >= 0.6 is 0 Å². The van der Waals surface area contributed by atoms with E-state index in [4.69, 9.17) is 4.74 Å². The minimum Gasteiger partial charge on any atom is -0.493 e. The summed E-state index contributed by atoms with van der Waals surface area (Å²) in [5.41, 5.74) is 1.06. The highest BCUT2D eigenvalue weighted by Gasteiger charge is 2.27. The third kappa shape index (κ3) is 7.29. The standard InChI is InChI=1S/C26H35N3O3/c1-20(2)24(28-22-9-5-3-6-10-22)19-27-26(31)21-13-16-29(17-14-21)25(30)15-18-32-23-11-7-4-8-12-23/h3-12,20-21,24,28H,13-19H2,1-2H3,(H,27,31). The maximum atomic E-state index is 12.7. The second kappa shape index (κ2) is 12.1. The molecule has 0 aliphatic carbocycles. The van der Waals surface area contributed by atoms with Crippen molar-refractivity contribution in [1.82, 2.24) is 10.2 Å². The van der Waals surface area contributed by atoms with Gasteiger partial charge in [0, 0.05) is 37.3 Å². The van der Waals surface area contributed by atoms with Gasteiger partial charge in [-0.05, 0) is 43.0 Å². The van der Waals surface area contributed by atoms with Gasteiger partial charge in [-0.1, -0.05) is 50.2 Å². The Hall–Kier alpha value is -3.02. The van der Waals surface area contributed by atoms with Gasteiger partial charge in [-0.3, -0.25) is 9.59 Å². The molecule has 1 atom stereocenters. The summed E-state index contributed by atoms with van der Waals surface area (Å²) in [7, 11) is 0. The molecule has 6 nitrogen and oxygen atoms in total. The summed E-state index contributed by atoms with van der Waals surface area (Å²) < 4.78 is 5.63. The Morgan fingerprint density at radius 2 is 1.62 bits per heavy atom. The molecule has 0 aromatic heterocycles. The molecule has 2 N–H and O–H groups in total. The molecule has 2 aromatic rings. The van der Waals surface area contributed by atoms with Crippen molar-refractivity contribution in [3.05, 3.63) is 60.7 Å². The lowest BCUT2D eigenvalue weighted by Gasteiger charge is -2.32. The number of carbonyl (C=O) groups is 2. The molecule has 1 saturated heterocycles. The van der Waals surface area contributed by atoms with E-state index in [2.05, 4.69) is 24.5 Å². The number of carbonyl (C=O) groups excluding carboxylic acids is 2. The van der Waals surface area contributed by atoms with E-state index in [0.717, 1.165) is 11.4 Å². The van der Waals surface area contributed by atoms with Gasteiger partial charge in [0.2, 0.25) is 11.8 Å². The molecule has 0 bridgehead atoms. The highest BCUT2D eigenvalue weighted by atomic mass is 16.5. The van der Waals surface area contributed by atoms with E-state index in [1.165, 1.54) is 0 Å². The third-order valence-electron chi connectivity index (χ3n) is 5.97. The topological polar surface area (TPSA) is 70.7 Å². The van der Waals surface area contributed by atoms with Crippen molar-refractivity contribution in [1.29, 1.82) is 0 Å². The molecule has 1 fully saturated rings. The molecule has 1 unspecified atom stereocenters. The minimum absolute atomic E-state index is 0.0378. The van der Waals surface area contributed by atoms with Crippen molar-refractivity contribution in [2.75, 3.05) is 31.6 Å². The van der Waals surface area contributed by atoms with Gasteiger partial charge < -0.3 is 20.3 Å². The summed E-state index contributed by atoms with van der Waals surface area (Å²) in [6, 6.07) is 19.7. The fourth-order valence-electron chi connectivity index (χ4n) is 3.88. The molecule has 1 aliphatic rings. The molecule has 6 heteroatoms. The molecule has 2 amide bonds. The van der Waals surface area contributed by atoms with E-state index in [-0.39, 0.29) is 23.8 Å². The molecule has 1 heterocycles. The van der Waals surface area contributed by atoms with Gasteiger partial charge in [0.05, 0.1) is 13.0 Å². The first-order chi connectivity index (χ1) is 15.5. The van der Waals surface area contributed by atoms with Crippen LogP contribution in [0.1, 0.15) is 33.1 Å². The maximum absolute atomic E-state index is 12.7. The first kappa shape index (κ1) is 23.6. The highest BCUT2D eigenvalue weighted by Crippen LogP contribution is 2.19. The molecule has 32 heavy (non-hydrogen) atoms. The van der Waals surface area contributed by atoms with Gasteiger partial charge in [0.15, 0.2) is 0 Å². The summed E-state index contributed by atoms with van der Waals surface area (Å²) in [6.07, 6.45) is 1.76. The van der Waals surface area contributed by atoms with Crippen molar-refractivity contribution in [3.8, 4) is 5.75 Å². The van der Waals surface area contributed by atoms with Crippen LogP contribution in [0.5, 0.6) is 5.75 Å². The van der Waals surface area contributed by atoms with Crippen molar-refractivity contribution >= 4 is 17.5 Å². The fourth-order valence-corrected chi connectivity index (χ4v) is 3.88. The number of nitrogens with zero attached hydrogens (tertiary/aromatic N) is 1. The monoisotopic (exact) mass is 437 g/mol. The summed E-state index contributed by atoms with van der Waals surface area (Å²) in [4.78, 5) is 27.0. The molecular weight excluding hydrogens is 402 g/mol. The van der Waals surface area contributed by atoms with Crippen molar-refractivity contribution in [2.45, 2.75) is 39.2 Å². The lowest BCUT2D eigenvalue weighted by molar-refractivity contribution is -0.136. The average Bonchev–Trinajstić information content (AvgIpc) is 2.82.